The Morgan fingerprint density at radius 1 is 1.06 bits per heavy atom. The third kappa shape index (κ3) is 5.69. The molecule has 8 nitrogen and oxygen atoms in total. The summed E-state index contributed by atoms with van der Waals surface area (Å²) in [5.41, 5.74) is 1.89. The molecule has 1 amide bonds. The summed E-state index contributed by atoms with van der Waals surface area (Å²) in [6.07, 6.45) is 0.903. The summed E-state index contributed by atoms with van der Waals surface area (Å²) in [6, 6.07) is 6.32. The monoisotopic (exact) mass is 444 g/mol. The van der Waals surface area contributed by atoms with Crippen molar-refractivity contribution in [3.63, 3.8) is 0 Å². The molecule has 0 aliphatic heterocycles. The predicted molar refractivity (Wildman–Crippen MR) is 120 cm³/mol. The van der Waals surface area contributed by atoms with Crippen molar-refractivity contribution in [2.75, 3.05) is 14.2 Å². The van der Waals surface area contributed by atoms with Crippen molar-refractivity contribution in [1.82, 2.24) is 10.3 Å². The lowest BCUT2D eigenvalue weighted by molar-refractivity contribution is -0.151. The number of methoxy groups -OCH3 is 2. The number of nitrogens with one attached hydrogen (secondary N) is 1. The van der Waals surface area contributed by atoms with E-state index in [1.807, 2.05) is 32.0 Å². The van der Waals surface area contributed by atoms with Crippen LogP contribution in [0, 0.1) is 12.8 Å². The molecule has 32 heavy (non-hydrogen) atoms. The number of aryl methyl sites for hydroxylation is 1. The molecule has 0 bridgehead atoms. The molecule has 2 aromatic rings. The fourth-order valence-electron chi connectivity index (χ4n) is 3.75. The van der Waals surface area contributed by atoms with Crippen LogP contribution in [-0.2, 0) is 9.53 Å². The van der Waals surface area contributed by atoms with Crippen LogP contribution in [0.2, 0.25) is 0 Å². The Kier molecular flexibility index (Phi) is 8.46. The summed E-state index contributed by atoms with van der Waals surface area (Å²) in [6.45, 7) is 9.50. The second-order valence-corrected chi connectivity index (χ2v) is 8.04. The minimum atomic E-state index is -0.942. The molecule has 0 fully saturated rings. The maximum atomic E-state index is 12.7. The summed E-state index contributed by atoms with van der Waals surface area (Å²) in [5, 5.41) is 12.6. The number of esters is 1. The summed E-state index contributed by atoms with van der Waals surface area (Å²) >= 11 is 0. The number of nitrogens with zero attached hydrogens (tertiary/aromatic N) is 1. The number of pyridine rings is 1. The quantitative estimate of drug-likeness (QED) is 0.569. The van der Waals surface area contributed by atoms with E-state index in [9.17, 15) is 14.7 Å². The topological polar surface area (TPSA) is 107 Å². The molecule has 0 saturated carbocycles. The first kappa shape index (κ1) is 25.0. The molecule has 0 unspecified atom stereocenters. The van der Waals surface area contributed by atoms with Crippen molar-refractivity contribution in [3.05, 3.63) is 47.3 Å². The van der Waals surface area contributed by atoms with Gasteiger partial charge in [-0.05, 0) is 49.9 Å². The number of amides is 1. The van der Waals surface area contributed by atoms with E-state index < -0.39 is 29.8 Å². The first-order valence-electron chi connectivity index (χ1n) is 10.5. The van der Waals surface area contributed by atoms with Crippen LogP contribution in [0.15, 0.2) is 30.5 Å². The zero-order chi connectivity index (χ0) is 24.0. The zero-order valence-corrected chi connectivity index (χ0v) is 19.6. The van der Waals surface area contributed by atoms with Crippen LogP contribution in [0.1, 0.15) is 55.2 Å². The highest BCUT2D eigenvalue weighted by atomic mass is 16.5. The van der Waals surface area contributed by atoms with Gasteiger partial charge in [0.05, 0.1) is 14.2 Å². The number of benzene rings is 1. The van der Waals surface area contributed by atoms with E-state index in [0.29, 0.717) is 0 Å². The molecule has 0 radical (unpaired) electrons. The second-order valence-electron chi connectivity index (χ2n) is 8.04. The van der Waals surface area contributed by atoms with E-state index in [0.717, 1.165) is 16.9 Å². The molecular formula is C24H32N2O6. The third-order valence-electron chi connectivity index (χ3n) is 5.39. The molecule has 0 aliphatic rings. The van der Waals surface area contributed by atoms with E-state index in [4.69, 9.17) is 14.2 Å². The zero-order valence-electron chi connectivity index (χ0n) is 19.6. The van der Waals surface area contributed by atoms with Gasteiger partial charge in [-0.15, -0.1) is 0 Å². The smallest absolute Gasteiger partial charge is 0.328 e. The molecule has 1 aromatic heterocycles. The van der Waals surface area contributed by atoms with Crippen LogP contribution in [0.5, 0.6) is 17.2 Å². The van der Waals surface area contributed by atoms with Crippen LogP contribution in [0.4, 0.5) is 0 Å². The number of carbonyl (C=O) groups excluding carboxylic acids is 2. The predicted octanol–water partition coefficient (Wildman–Crippen LogP) is 3.60. The second kappa shape index (κ2) is 10.8. The number of aromatic nitrogens is 1. The van der Waals surface area contributed by atoms with E-state index in [1.165, 1.54) is 26.3 Å². The number of hydrogen-bond acceptors (Lipinski definition) is 7. The van der Waals surface area contributed by atoms with Gasteiger partial charge in [0.15, 0.2) is 17.2 Å². The maximum absolute atomic E-state index is 12.7. The van der Waals surface area contributed by atoms with Gasteiger partial charge in [0.1, 0.15) is 17.9 Å². The molecule has 2 N–H and O–H groups in total. The Bertz CT molecular complexity index is 960. The maximum Gasteiger partial charge on any atom is 0.328 e. The van der Waals surface area contributed by atoms with Crippen LogP contribution in [0.25, 0.3) is 0 Å². The molecule has 0 aliphatic carbocycles. The van der Waals surface area contributed by atoms with Gasteiger partial charge in [0, 0.05) is 18.2 Å². The summed E-state index contributed by atoms with van der Waals surface area (Å²) in [4.78, 5) is 29.1. The van der Waals surface area contributed by atoms with Gasteiger partial charge in [-0.1, -0.05) is 19.9 Å². The average molecular weight is 445 g/mol. The van der Waals surface area contributed by atoms with Crippen LogP contribution >= 0.6 is 0 Å². The lowest BCUT2D eigenvalue weighted by Gasteiger charge is -2.30. The molecule has 0 saturated heterocycles. The Morgan fingerprint density at radius 2 is 1.75 bits per heavy atom. The van der Waals surface area contributed by atoms with Crippen molar-refractivity contribution in [2.45, 2.75) is 52.7 Å². The minimum absolute atomic E-state index is 0.0446. The third-order valence-corrected chi connectivity index (χ3v) is 5.39. The van der Waals surface area contributed by atoms with Crippen molar-refractivity contribution >= 4 is 11.9 Å². The molecular weight excluding hydrogens is 412 g/mol. The summed E-state index contributed by atoms with van der Waals surface area (Å²) in [7, 11) is 2.99. The largest absolute Gasteiger partial charge is 0.503 e. The van der Waals surface area contributed by atoms with E-state index in [1.54, 1.807) is 7.11 Å². The summed E-state index contributed by atoms with van der Waals surface area (Å²) in [5.74, 6) is -0.636. The van der Waals surface area contributed by atoms with Gasteiger partial charge < -0.3 is 24.6 Å². The van der Waals surface area contributed by atoms with Crippen molar-refractivity contribution < 1.29 is 28.9 Å². The molecule has 1 aromatic carbocycles. The van der Waals surface area contributed by atoms with E-state index in [-0.39, 0.29) is 23.3 Å². The van der Waals surface area contributed by atoms with Gasteiger partial charge in [0.2, 0.25) is 0 Å². The van der Waals surface area contributed by atoms with Gasteiger partial charge >= 0.3 is 5.97 Å². The number of carbonyl (C=O) groups is 2. The van der Waals surface area contributed by atoms with E-state index in [2.05, 4.69) is 24.1 Å². The highest BCUT2D eigenvalue weighted by molar-refractivity contribution is 5.97. The molecule has 8 heteroatoms. The molecule has 0 spiro atoms. The molecule has 3 atom stereocenters. The Labute approximate surface area is 188 Å². The standard InChI is InChI=1S/C24H32N2O6/c1-13(2)20(18-9-8-17(30-6)12-14(18)3)16(5)32-24(29)15(4)26-23(28)21-22(27)19(31-7)10-11-25-21/h8-13,15-16,20,27H,1-7H3,(H,26,28)/t15-,16-,20+/m0/s1. The number of aromatic hydroxyl groups is 1. The van der Waals surface area contributed by atoms with Crippen LogP contribution in [-0.4, -0.2) is 48.3 Å². The van der Waals surface area contributed by atoms with Crippen molar-refractivity contribution in [3.8, 4) is 17.2 Å². The lowest BCUT2D eigenvalue weighted by Crippen LogP contribution is -2.42. The highest BCUT2D eigenvalue weighted by Crippen LogP contribution is 2.34. The number of hydrogen-bond donors (Lipinski definition) is 2. The van der Waals surface area contributed by atoms with Gasteiger partial charge in [-0.2, -0.15) is 0 Å². The SMILES string of the molecule is COc1ccc([C@H](C(C)C)[C@H](C)OC(=O)[C@H](C)NC(=O)c2nccc(OC)c2O)c(C)c1. The molecule has 1 heterocycles. The minimum Gasteiger partial charge on any atom is -0.503 e. The van der Waals surface area contributed by atoms with Gasteiger partial charge in [0.25, 0.3) is 5.91 Å². The highest BCUT2D eigenvalue weighted by Gasteiger charge is 2.30. The lowest BCUT2D eigenvalue weighted by atomic mass is 9.82. The number of ether oxygens (including phenoxy) is 3. The Hall–Kier alpha value is -3.29. The molecule has 174 valence electrons. The Balaban J connectivity index is 2.11. The fraction of sp³-hybridized carbons (Fsp3) is 0.458. The van der Waals surface area contributed by atoms with Crippen LogP contribution < -0.4 is 14.8 Å². The van der Waals surface area contributed by atoms with E-state index >= 15 is 0 Å². The van der Waals surface area contributed by atoms with Crippen LogP contribution in [0.3, 0.4) is 0 Å². The number of rotatable bonds is 9. The first-order valence-corrected chi connectivity index (χ1v) is 10.5. The van der Waals surface area contributed by atoms with Crippen molar-refractivity contribution in [2.24, 2.45) is 5.92 Å². The average Bonchev–Trinajstić information content (AvgIpc) is 2.74. The normalized spacial score (nSPS) is 13.8. The Morgan fingerprint density at radius 3 is 2.31 bits per heavy atom. The fourth-order valence-corrected chi connectivity index (χ4v) is 3.75. The van der Waals surface area contributed by atoms with Gasteiger partial charge in [-0.25, -0.2) is 9.78 Å². The summed E-state index contributed by atoms with van der Waals surface area (Å²) < 4.78 is 16.0. The molecule has 2 rings (SSSR count). The van der Waals surface area contributed by atoms with Crippen molar-refractivity contribution in [1.29, 1.82) is 0 Å². The first-order chi connectivity index (χ1) is 15.1. The van der Waals surface area contributed by atoms with Gasteiger partial charge in [-0.3, -0.25) is 4.79 Å².